The molecule has 0 fully saturated rings. The van der Waals surface area contributed by atoms with Gasteiger partial charge in [-0.3, -0.25) is 0 Å². The smallest absolute Gasteiger partial charge is 0.360 e. The average Bonchev–Trinajstić information content (AvgIpc) is 2.73. The largest absolute Gasteiger partial charge is 0.362 e. The number of fused-ring (bicyclic) bond motifs is 1. The molecule has 3 aromatic rings. The highest BCUT2D eigenvalue weighted by Crippen LogP contribution is 2.31. The summed E-state index contributed by atoms with van der Waals surface area (Å²) in [4.78, 5) is 10.3. The molecule has 0 atom stereocenters. The normalized spacial score (nSPS) is 11.1. The Kier molecular flexibility index (Phi) is 3.63. The zero-order chi connectivity index (χ0) is 14.1. The maximum Gasteiger partial charge on any atom is 0.360 e. The summed E-state index contributed by atoms with van der Waals surface area (Å²) in [7, 11) is 0. The van der Waals surface area contributed by atoms with Crippen molar-refractivity contribution in [2.24, 2.45) is 0 Å². The zero-order valence-electron chi connectivity index (χ0n) is 11.4. The van der Waals surface area contributed by atoms with Gasteiger partial charge in [0, 0.05) is 10.6 Å². The number of hydrogen-bond donors (Lipinski definition) is 1. The van der Waals surface area contributed by atoms with Crippen LogP contribution in [0.3, 0.4) is 0 Å². The van der Waals surface area contributed by atoms with Crippen molar-refractivity contribution >= 4 is 39.1 Å². The number of thioether (sulfide) groups is 1. The summed E-state index contributed by atoms with van der Waals surface area (Å²) in [5.74, 6) is 1.51. The van der Waals surface area contributed by atoms with E-state index in [-0.39, 0.29) is 0 Å². The van der Waals surface area contributed by atoms with Crippen molar-refractivity contribution in [1.82, 2.24) is 4.98 Å². The molecule has 0 saturated heterocycles. The van der Waals surface area contributed by atoms with E-state index in [1.807, 2.05) is 6.07 Å². The van der Waals surface area contributed by atoms with E-state index in [1.165, 1.54) is 16.0 Å². The van der Waals surface area contributed by atoms with E-state index in [4.69, 9.17) is 5.73 Å². The molecule has 0 aliphatic carbocycles. The van der Waals surface area contributed by atoms with Gasteiger partial charge in [0.15, 0.2) is 4.83 Å². The number of aromatic nitrogens is 2. The Morgan fingerprint density at radius 2 is 2.00 bits per heavy atom. The predicted molar refractivity (Wildman–Crippen MR) is 86.1 cm³/mol. The lowest BCUT2D eigenvalue weighted by Gasteiger charge is -1.97. The van der Waals surface area contributed by atoms with Crippen LogP contribution in [0, 0.1) is 13.8 Å². The molecule has 0 aliphatic heterocycles. The molecule has 2 aromatic heterocycles. The molecule has 0 aliphatic rings. The summed E-state index contributed by atoms with van der Waals surface area (Å²) in [5, 5.41) is 1.94. The van der Waals surface area contributed by atoms with Gasteiger partial charge in [-0.15, -0.1) is 0 Å². The number of hydrogen-bond acceptors (Lipinski definition) is 4. The van der Waals surface area contributed by atoms with Crippen LogP contribution in [-0.2, 0) is 5.75 Å². The van der Waals surface area contributed by atoms with E-state index in [0.717, 1.165) is 21.1 Å². The van der Waals surface area contributed by atoms with Gasteiger partial charge in [-0.25, -0.2) is 4.98 Å². The average molecular weight is 302 g/mol. The Labute approximate surface area is 126 Å². The Hall–Kier alpha value is -1.59. The fourth-order valence-corrected chi connectivity index (χ4v) is 4.07. The maximum atomic E-state index is 6.10. The SMILES string of the molecule is Cc1sc2[nH+]c(SCc3ccccc3)nc(N)c2c1C. The van der Waals surface area contributed by atoms with Crippen LogP contribution in [0.2, 0.25) is 0 Å². The fraction of sp³-hybridized carbons (Fsp3) is 0.200. The third-order valence-electron chi connectivity index (χ3n) is 3.30. The second-order valence-corrected chi connectivity index (χ2v) is 6.88. The van der Waals surface area contributed by atoms with Crippen molar-refractivity contribution in [2.45, 2.75) is 24.8 Å². The molecule has 3 rings (SSSR count). The third-order valence-corrected chi connectivity index (χ3v) is 5.37. The molecular formula is C15H16N3S2+. The van der Waals surface area contributed by atoms with Crippen LogP contribution >= 0.6 is 23.1 Å². The fourth-order valence-electron chi connectivity index (χ4n) is 2.11. The van der Waals surface area contributed by atoms with Gasteiger partial charge in [0.1, 0.15) is 5.39 Å². The summed E-state index contributed by atoms with van der Waals surface area (Å²) in [6.45, 7) is 4.21. The minimum absolute atomic E-state index is 0.621. The minimum atomic E-state index is 0.621. The monoisotopic (exact) mass is 302 g/mol. The lowest BCUT2D eigenvalue weighted by Crippen LogP contribution is -2.11. The molecule has 3 N–H and O–H groups in total. The van der Waals surface area contributed by atoms with Gasteiger partial charge in [0.2, 0.25) is 0 Å². The molecule has 0 radical (unpaired) electrons. The number of benzene rings is 1. The molecule has 20 heavy (non-hydrogen) atoms. The Bertz CT molecular complexity index is 751. The lowest BCUT2D eigenvalue weighted by molar-refractivity contribution is -0.399. The molecule has 1 aromatic carbocycles. The standard InChI is InChI=1S/C15H15N3S2/c1-9-10(2)20-14-12(9)13(16)17-15(18-14)19-8-11-6-4-3-5-7-11/h3-7H,8H2,1-2H3,(H2,16,17,18)/p+1. The van der Waals surface area contributed by atoms with Crippen LogP contribution in [0.15, 0.2) is 35.5 Å². The molecule has 0 bridgehead atoms. The predicted octanol–water partition coefficient (Wildman–Crippen LogP) is 3.60. The molecule has 5 heteroatoms. The summed E-state index contributed by atoms with van der Waals surface area (Å²) in [6, 6.07) is 10.4. The molecular weight excluding hydrogens is 286 g/mol. The van der Waals surface area contributed by atoms with Crippen molar-refractivity contribution in [2.75, 3.05) is 5.73 Å². The Morgan fingerprint density at radius 1 is 1.25 bits per heavy atom. The number of anilines is 1. The van der Waals surface area contributed by atoms with Gasteiger partial charge in [0.25, 0.3) is 5.82 Å². The zero-order valence-corrected chi connectivity index (χ0v) is 13.1. The highest BCUT2D eigenvalue weighted by molar-refractivity contribution is 7.98. The number of aromatic amines is 1. The van der Waals surface area contributed by atoms with Crippen molar-refractivity contribution in [3.05, 3.63) is 46.3 Å². The van der Waals surface area contributed by atoms with Gasteiger partial charge in [0.05, 0.1) is 0 Å². The number of nitrogen functional groups attached to an aromatic ring is 1. The van der Waals surface area contributed by atoms with Crippen LogP contribution in [0.5, 0.6) is 0 Å². The van der Waals surface area contributed by atoms with Gasteiger partial charge in [-0.05, 0) is 41.7 Å². The first-order valence-corrected chi connectivity index (χ1v) is 8.20. The highest BCUT2D eigenvalue weighted by atomic mass is 32.2. The minimum Gasteiger partial charge on any atom is -0.362 e. The first-order chi connectivity index (χ1) is 9.65. The highest BCUT2D eigenvalue weighted by Gasteiger charge is 2.19. The number of nitrogens with zero attached hydrogens (tertiary/aromatic N) is 1. The van der Waals surface area contributed by atoms with Crippen molar-refractivity contribution < 1.29 is 4.98 Å². The first kappa shape index (κ1) is 13.4. The molecule has 0 amide bonds. The molecule has 2 heterocycles. The van der Waals surface area contributed by atoms with E-state index >= 15 is 0 Å². The molecule has 102 valence electrons. The number of nitrogens with one attached hydrogen (secondary N) is 1. The van der Waals surface area contributed by atoms with E-state index in [2.05, 4.69) is 48.1 Å². The second kappa shape index (κ2) is 5.42. The molecule has 0 saturated carbocycles. The number of aryl methyl sites for hydroxylation is 2. The van der Waals surface area contributed by atoms with Gasteiger partial charge in [-0.2, -0.15) is 0 Å². The van der Waals surface area contributed by atoms with Crippen molar-refractivity contribution in [3.8, 4) is 0 Å². The maximum absolute atomic E-state index is 6.10. The molecule has 3 nitrogen and oxygen atoms in total. The van der Waals surface area contributed by atoms with Gasteiger partial charge in [-0.1, -0.05) is 41.7 Å². The molecule has 0 unspecified atom stereocenters. The lowest BCUT2D eigenvalue weighted by atomic mass is 10.2. The second-order valence-electron chi connectivity index (χ2n) is 4.69. The topological polar surface area (TPSA) is 53.0 Å². The van der Waals surface area contributed by atoms with Crippen molar-refractivity contribution in [3.63, 3.8) is 0 Å². The van der Waals surface area contributed by atoms with Gasteiger partial charge < -0.3 is 5.73 Å². The third kappa shape index (κ3) is 2.51. The number of thiophene rings is 1. The first-order valence-electron chi connectivity index (χ1n) is 6.40. The summed E-state index contributed by atoms with van der Waals surface area (Å²) in [5.41, 5.74) is 8.61. The number of H-pyrrole nitrogens is 1. The van der Waals surface area contributed by atoms with E-state index < -0.39 is 0 Å². The number of rotatable bonds is 3. The quantitative estimate of drug-likeness (QED) is 0.594. The Morgan fingerprint density at radius 3 is 2.75 bits per heavy atom. The van der Waals surface area contributed by atoms with E-state index in [1.54, 1.807) is 23.1 Å². The summed E-state index contributed by atoms with van der Waals surface area (Å²) >= 11 is 3.42. The van der Waals surface area contributed by atoms with E-state index in [0.29, 0.717) is 5.82 Å². The van der Waals surface area contributed by atoms with Crippen LogP contribution < -0.4 is 10.7 Å². The van der Waals surface area contributed by atoms with Crippen LogP contribution in [0.1, 0.15) is 16.0 Å². The van der Waals surface area contributed by atoms with Gasteiger partial charge >= 0.3 is 5.16 Å². The summed E-state index contributed by atoms with van der Waals surface area (Å²) < 4.78 is 0. The summed E-state index contributed by atoms with van der Waals surface area (Å²) in [6.07, 6.45) is 0. The van der Waals surface area contributed by atoms with E-state index in [9.17, 15) is 0 Å². The van der Waals surface area contributed by atoms with Crippen molar-refractivity contribution in [1.29, 1.82) is 0 Å². The van der Waals surface area contributed by atoms with Crippen LogP contribution in [-0.4, -0.2) is 4.98 Å². The van der Waals surface area contributed by atoms with Crippen LogP contribution in [0.4, 0.5) is 5.82 Å². The molecule has 0 spiro atoms. The Balaban J connectivity index is 1.89. The van der Waals surface area contributed by atoms with Crippen LogP contribution in [0.25, 0.3) is 10.2 Å². The number of nitrogens with two attached hydrogens (primary N) is 1.